The maximum absolute atomic E-state index is 12.2. The Hall–Kier alpha value is -1.57. The van der Waals surface area contributed by atoms with Gasteiger partial charge in [-0.2, -0.15) is 0 Å². The molecule has 6 nitrogen and oxygen atoms in total. The highest BCUT2D eigenvalue weighted by Gasteiger charge is 2.25. The number of hydrogen-bond acceptors (Lipinski definition) is 5. The molecule has 0 aliphatic carbocycles. The first-order valence-electron chi connectivity index (χ1n) is 10.5. The molecule has 3 heterocycles. The van der Waals surface area contributed by atoms with Crippen LogP contribution in [0.3, 0.4) is 0 Å². The zero-order valence-electron chi connectivity index (χ0n) is 16.5. The number of amides is 1. The number of nitrogens with zero attached hydrogens (tertiary/aromatic N) is 3. The molecule has 1 aromatic carbocycles. The zero-order valence-corrected chi connectivity index (χ0v) is 17.3. The van der Waals surface area contributed by atoms with Crippen LogP contribution in [0.5, 0.6) is 0 Å². The first-order chi connectivity index (χ1) is 13.7. The van der Waals surface area contributed by atoms with Crippen molar-refractivity contribution < 1.29 is 4.79 Å². The lowest BCUT2D eigenvalue weighted by atomic mass is 9.96. The Morgan fingerprint density at radius 1 is 1.25 bits per heavy atom. The number of aromatic amines is 1. The topological polar surface area (TPSA) is 78.2 Å². The molecular weight excluding hydrogens is 370 g/mol. The molecule has 3 N–H and O–H groups in total. The first-order valence-corrected chi connectivity index (χ1v) is 11.7. The lowest BCUT2D eigenvalue weighted by Gasteiger charge is -2.31. The average molecular weight is 402 g/mol. The summed E-state index contributed by atoms with van der Waals surface area (Å²) in [5.74, 6) is 3.67. The standard InChI is InChI=1S/C21H31N5OS/c22-17(21(27)26-13-14-28-15-26)5-3-4-10-25-11-8-16(9-12-25)20-23-18-6-1-2-7-19(18)24-20/h1-2,6-7,16-17H,3-5,8-15,22H2,(H,23,24)/t17-/m0/s1. The smallest absolute Gasteiger partial charge is 0.240 e. The number of likely N-dealkylation sites (tertiary alicyclic amines) is 1. The van der Waals surface area contributed by atoms with Crippen LogP contribution in [0.4, 0.5) is 0 Å². The number of carbonyl (C=O) groups excluding carboxylic acids is 1. The molecule has 0 unspecified atom stereocenters. The van der Waals surface area contributed by atoms with Crippen LogP contribution in [0.1, 0.15) is 43.8 Å². The highest BCUT2D eigenvalue weighted by molar-refractivity contribution is 7.99. The van der Waals surface area contributed by atoms with Gasteiger partial charge in [-0.3, -0.25) is 4.79 Å². The Balaban J connectivity index is 1.15. The number of para-hydroxylation sites is 2. The number of rotatable bonds is 7. The summed E-state index contributed by atoms with van der Waals surface area (Å²) in [6.45, 7) is 4.21. The SMILES string of the molecule is N[C@@H](CCCCN1CCC(c2nc3ccccc3[nH]2)CC1)C(=O)N1CCSC1. The molecule has 2 fully saturated rings. The zero-order chi connectivity index (χ0) is 19.3. The van der Waals surface area contributed by atoms with Crippen molar-refractivity contribution in [2.45, 2.75) is 44.1 Å². The van der Waals surface area contributed by atoms with E-state index in [4.69, 9.17) is 10.7 Å². The molecule has 2 saturated heterocycles. The quantitative estimate of drug-likeness (QED) is 0.698. The molecule has 28 heavy (non-hydrogen) atoms. The summed E-state index contributed by atoms with van der Waals surface area (Å²) in [6, 6.07) is 7.94. The van der Waals surface area contributed by atoms with Gasteiger partial charge in [0.2, 0.25) is 5.91 Å². The van der Waals surface area contributed by atoms with E-state index in [-0.39, 0.29) is 11.9 Å². The van der Waals surface area contributed by atoms with Crippen LogP contribution >= 0.6 is 11.8 Å². The minimum atomic E-state index is -0.322. The van der Waals surface area contributed by atoms with Crippen molar-refractivity contribution in [3.63, 3.8) is 0 Å². The van der Waals surface area contributed by atoms with E-state index in [0.717, 1.165) is 86.8 Å². The van der Waals surface area contributed by atoms with Gasteiger partial charge in [0.15, 0.2) is 0 Å². The highest BCUT2D eigenvalue weighted by Crippen LogP contribution is 2.27. The van der Waals surface area contributed by atoms with Crippen molar-refractivity contribution in [2.24, 2.45) is 5.73 Å². The van der Waals surface area contributed by atoms with E-state index in [1.165, 1.54) is 0 Å². The predicted molar refractivity (Wildman–Crippen MR) is 115 cm³/mol. The Labute approximate surface area is 171 Å². The summed E-state index contributed by atoms with van der Waals surface area (Å²) in [5.41, 5.74) is 8.31. The Bertz CT molecular complexity index is 747. The number of H-pyrrole nitrogens is 1. The van der Waals surface area contributed by atoms with Crippen molar-refractivity contribution >= 4 is 28.7 Å². The second-order valence-electron chi connectivity index (χ2n) is 8.00. The number of hydrogen-bond donors (Lipinski definition) is 2. The number of imidazole rings is 1. The van der Waals surface area contributed by atoms with Crippen molar-refractivity contribution in [3.8, 4) is 0 Å². The van der Waals surface area contributed by atoms with E-state index < -0.39 is 0 Å². The number of nitrogens with two attached hydrogens (primary N) is 1. The number of nitrogens with one attached hydrogen (secondary N) is 1. The molecule has 2 aliphatic rings. The van der Waals surface area contributed by atoms with Crippen molar-refractivity contribution in [3.05, 3.63) is 30.1 Å². The van der Waals surface area contributed by atoms with Crippen LogP contribution < -0.4 is 5.73 Å². The van der Waals surface area contributed by atoms with E-state index in [2.05, 4.69) is 28.1 Å². The Morgan fingerprint density at radius 3 is 2.82 bits per heavy atom. The molecule has 2 aromatic rings. The van der Waals surface area contributed by atoms with Crippen molar-refractivity contribution in [1.29, 1.82) is 0 Å². The van der Waals surface area contributed by atoms with E-state index in [1.54, 1.807) is 0 Å². The fraction of sp³-hybridized carbons (Fsp3) is 0.619. The fourth-order valence-electron chi connectivity index (χ4n) is 4.24. The van der Waals surface area contributed by atoms with Crippen LogP contribution in [0.25, 0.3) is 11.0 Å². The summed E-state index contributed by atoms with van der Waals surface area (Å²) >= 11 is 1.81. The summed E-state index contributed by atoms with van der Waals surface area (Å²) in [7, 11) is 0. The van der Waals surface area contributed by atoms with Gasteiger partial charge in [0.05, 0.1) is 23.0 Å². The molecule has 0 saturated carbocycles. The van der Waals surface area contributed by atoms with Gasteiger partial charge in [0.25, 0.3) is 0 Å². The molecule has 152 valence electrons. The van der Waals surface area contributed by atoms with E-state index in [9.17, 15) is 4.79 Å². The van der Waals surface area contributed by atoms with Crippen LogP contribution in [-0.2, 0) is 4.79 Å². The molecule has 7 heteroatoms. The number of fused-ring (bicyclic) bond motifs is 1. The summed E-state index contributed by atoms with van der Waals surface area (Å²) < 4.78 is 0. The molecular formula is C21H31N5OS. The second-order valence-corrected chi connectivity index (χ2v) is 9.07. The van der Waals surface area contributed by atoms with Gasteiger partial charge in [-0.1, -0.05) is 18.6 Å². The van der Waals surface area contributed by atoms with Gasteiger partial charge in [0.1, 0.15) is 5.82 Å². The van der Waals surface area contributed by atoms with Gasteiger partial charge in [-0.25, -0.2) is 4.98 Å². The largest absolute Gasteiger partial charge is 0.342 e. The lowest BCUT2D eigenvalue weighted by Crippen LogP contribution is -2.42. The van der Waals surface area contributed by atoms with Gasteiger partial charge in [-0.05, 0) is 57.5 Å². The van der Waals surface area contributed by atoms with Gasteiger partial charge >= 0.3 is 0 Å². The average Bonchev–Trinajstić information content (AvgIpc) is 3.40. The number of aromatic nitrogens is 2. The third-order valence-electron chi connectivity index (χ3n) is 6.00. The normalized spacial score (nSPS) is 20.1. The van der Waals surface area contributed by atoms with Crippen LogP contribution in [0.15, 0.2) is 24.3 Å². The second kappa shape index (κ2) is 9.29. The predicted octanol–water partition coefficient (Wildman–Crippen LogP) is 2.77. The summed E-state index contributed by atoms with van der Waals surface area (Å²) in [6.07, 6.45) is 5.26. The Kier molecular flexibility index (Phi) is 6.54. The van der Waals surface area contributed by atoms with E-state index >= 15 is 0 Å². The van der Waals surface area contributed by atoms with Gasteiger partial charge in [-0.15, -0.1) is 11.8 Å². The van der Waals surface area contributed by atoms with Crippen molar-refractivity contribution in [1.82, 2.24) is 19.8 Å². The molecule has 1 atom stereocenters. The highest BCUT2D eigenvalue weighted by atomic mass is 32.2. The summed E-state index contributed by atoms with van der Waals surface area (Å²) in [4.78, 5) is 25.0. The maximum atomic E-state index is 12.2. The van der Waals surface area contributed by atoms with Crippen LogP contribution in [-0.4, -0.2) is 69.5 Å². The lowest BCUT2D eigenvalue weighted by molar-refractivity contribution is -0.131. The van der Waals surface area contributed by atoms with E-state index in [0.29, 0.717) is 5.92 Å². The Morgan fingerprint density at radius 2 is 2.07 bits per heavy atom. The van der Waals surface area contributed by atoms with Crippen LogP contribution in [0, 0.1) is 0 Å². The molecule has 0 spiro atoms. The molecule has 2 aliphatic heterocycles. The minimum Gasteiger partial charge on any atom is -0.342 e. The maximum Gasteiger partial charge on any atom is 0.240 e. The first kappa shape index (κ1) is 19.7. The molecule has 1 amide bonds. The monoisotopic (exact) mass is 401 g/mol. The minimum absolute atomic E-state index is 0.136. The molecule has 1 aromatic heterocycles. The number of thioether (sulfide) groups is 1. The van der Waals surface area contributed by atoms with Gasteiger partial charge < -0.3 is 20.5 Å². The number of unbranched alkanes of at least 4 members (excludes halogenated alkanes) is 1. The van der Waals surface area contributed by atoms with Crippen LogP contribution in [0.2, 0.25) is 0 Å². The molecule has 4 rings (SSSR count). The third-order valence-corrected chi connectivity index (χ3v) is 6.97. The molecule has 0 bridgehead atoms. The van der Waals surface area contributed by atoms with Gasteiger partial charge in [0, 0.05) is 18.2 Å². The molecule has 0 radical (unpaired) electrons. The fourth-order valence-corrected chi connectivity index (χ4v) is 5.20. The number of benzene rings is 1. The summed E-state index contributed by atoms with van der Waals surface area (Å²) in [5, 5.41) is 0. The van der Waals surface area contributed by atoms with Crippen molar-refractivity contribution in [2.75, 3.05) is 37.8 Å². The third kappa shape index (κ3) is 4.70. The van der Waals surface area contributed by atoms with E-state index in [1.807, 2.05) is 22.7 Å². The number of piperidine rings is 1. The number of carbonyl (C=O) groups is 1.